The number of ether oxygens (including phenoxy) is 2. The zero-order valence-corrected chi connectivity index (χ0v) is 30.0. The van der Waals surface area contributed by atoms with E-state index >= 15 is 0 Å². The number of benzene rings is 2. The lowest BCUT2D eigenvalue weighted by Gasteiger charge is -2.27. The normalized spacial score (nSPS) is 18.0. The number of nitrogens with zero attached hydrogens (tertiary/aromatic N) is 5. The molecule has 3 aliphatic heterocycles. The average molecular weight is 724 g/mol. The van der Waals surface area contributed by atoms with Crippen molar-refractivity contribution in [2.75, 3.05) is 26.4 Å². The molecule has 1 fully saturated rings. The van der Waals surface area contributed by atoms with E-state index in [9.17, 15) is 24.0 Å². The van der Waals surface area contributed by atoms with Crippen LogP contribution >= 0.6 is 11.3 Å². The van der Waals surface area contributed by atoms with Crippen molar-refractivity contribution in [1.29, 1.82) is 0 Å². The summed E-state index contributed by atoms with van der Waals surface area (Å²) in [5.74, 6) is -1.06. The van der Waals surface area contributed by atoms with Gasteiger partial charge in [-0.2, -0.15) is 0 Å². The molecule has 0 saturated carbocycles. The van der Waals surface area contributed by atoms with Crippen LogP contribution < -0.4 is 15.4 Å². The van der Waals surface area contributed by atoms with Gasteiger partial charge in [0.15, 0.2) is 5.82 Å². The van der Waals surface area contributed by atoms with Crippen LogP contribution in [0.15, 0.2) is 47.5 Å². The number of fused-ring (bicyclic) bond motifs is 4. The van der Waals surface area contributed by atoms with Gasteiger partial charge in [0.25, 0.3) is 11.8 Å². The van der Waals surface area contributed by atoms with Crippen LogP contribution in [0.4, 0.5) is 0 Å². The molecule has 0 bridgehead atoms. The maximum atomic E-state index is 13.3. The summed E-state index contributed by atoms with van der Waals surface area (Å²) < 4.78 is 13.5. The number of hydrogen-bond donors (Lipinski definition) is 2. The Morgan fingerprint density at radius 3 is 2.52 bits per heavy atom. The van der Waals surface area contributed by atoms with Crippen molar-refractivity contribution in [3.63, 3.8) is 0 Å². The molecule has 3 aliphatic rings. The second kappa shape index (κ2) is 14.2. The van der Waals surface area contributed by atoms with Crippen molar-refractivity contribution in [3.05, 3.63) is 92.4 Å². The van der Waals surface area contributed by atoms with Gasteiger partial charge in [0.1, 0.15) is 35.3 Å². The topological polar surface area (TPSA) is 174 Å². The van der Waals surface area contributed by atoms with Crippen LogP contribution in [0.5, 0.6) is 5.75 Å². The molecule has 2 aromatic heterocycles. The van der Waals surface area contributed by atoms with Gasteiger partial charge in [0, 0.05) is 29.0 Å². The molecule has 5 heterocycles. The molecular weight excluding hydrogens is 687 g/mol. The van der Waals surface area contributed by atoms with Crippen molar-refractivity contribution in [3.8, 4) is 10.8 Å². The molecule has 5 amide bonds. The highest BCUT2D eigenvalue weighted by Gasteiger charge is 2.46. The first-order valence-electron chi connectivity index (χ1n) is 17.0. The highest BCUT2D eigenvalue weighted by molar-refractivity contribution is 7.15. The highest BCUT2D eigenvalue weighted by Crippen LogP contribution is 2.39. The number of aromatic nitrogens is 3. The summed E-state index contributed by atoms with van der Waals surface area (Å²) in [6.45, 7) is 8.79. The maximum Gasteiger partial charge on any atom is 0.266 e. The monoisotopic (exact) mass is 723 g/mol. The number of rotatable bonds is 11. The van der Waals surface area contributed by atoms with Crippen LogP contribution in [0.1, 0.15) is 84.8 Å². The number of aryl methyl sites for hydroxylation is 3. The van der Waals surface area contributed by atoms with Gasteiger partial charge < -0.3 is 14.8 Å². The Morgan fingerprint density at radius 2 is 1.75 bits per heavy atom. The third-order valence-electron chi connectivity index (χ3n) is 9.43. The number of nitrogens with one attached hydrogen (secondary N) is 2. The molecule has 1 unspecified atom stereocenters. The molecule has 2 N–H and O–H groups in total. The SMILES string of the molecule is Cc1ccc(C2=N[C@@H](CC(=O)NCCOCCOc3cccc4c3C(=O)N(C3CCC(=O)NC3=O)C4=O)c3nnc(C)n3-c3sc(C)c(C)c32)cc1. The van der Waals surface area contributed by atoms with Crippen LogP contribution in [0.2, 0.25) is 0 Å². The predicted octanol–water partition coefficient (Wildman–Crippen LogP) is 3.46. The standard InChI is InChI=1S/C37H37N7O7S/c1-19-8-10-23(11-9-19)32-30-20(2)21(3)52-37(30)43-22(4)41-42-33(43)25(39-32)18-29(46)38-14-15-50-16-17-51-27-7-5-6-24-31(27)36(49)44(35(24)48)26-12-13-28(45)40-34(26)47/h5-11,25-26H,12-18H2,1-4H3,(H,38,46)(H,40,45,47)/t25-,26?/m0/s1. The Kier molecular flexibility index (Phi) is 9.55. The fourth-order valence-corrected chi connectivity index (χ4v) is 7.88. The number of hydrogen-bond acceptors (Lipinski definition) is 11. The van der Waals surface area contributed by atoms with E-state index in [0.717, 1.165) is 43.7 Å². The quantitative estimate of drug-likeness (QED) is 0.174. The molecule has 14 nitrogen and oxygen atoms in total. The molecule has 15 heteroatoms. The zero-order chi connectivity index (χ0) is 36.7. The van der Waals surface area contributed by atoms with Crippen LogP contribution in [-0.4, -0.2) is 87.3 Å². The van der Waals surface area contributed by atoms with Crippen molar-refractivity contribution < 1.29 is 33.4 Å². The van der Waals surface area contributed by atoms with E-state index in [4.69, 9.17) is 14.5 Å². The first kappa shape index (κ1) is 34.9. The molecule has 4 aromatic rings. The van der Waals surface area contributed by atoms with Crippen LogP contribution in [-0.2, 0) is 19.1 Å². The summed E-state index contributed by atoms with van der Waals surface area (Å²) in [4.78, 5) is 70.8. The number of aliphatic imine (C=N–C) groups is 1. The van der Waals surface area contributed by atoms with E-state index < -0.39 is 35.7 Å². The number of carbonyl (C=O) groups is 5. The summed E-state index contributed by atoms with van der Waals surface area (Å²) in [5, 5.41) is 14.9. The van der Waals surface area contributed by atoms with Gasteiger partial charge in [-0.1, -0.05) is 35.9 Å². The molecule has 1 saturated heterocycles. The van der Waals surface area contributed by atoms with Crippen molar-refractivity contribution >= 4 is 46.6 Å². The van der Waals surface area contributed by atoms with Gasteiger partial charge in [-0.3, -0.25) is 43.7 Å². The van der Waals surface area contributed by atoms with E-state index in [1.165, 1.54) is 10.9 Å². The van der Waals surface area contributed by atoms with Crippen LogP contribution in [0.25, 0.3) is 5.00 Å². The lowest BCUT2D eigenvalue weighted by molar-refractivity contribution is -0.136. The molecule has 7 rings (SSSR count). The number of amides is 5. The van der Waals surface area contributed by atoms with Crippen molar-refractivity contribution in [2.24, 2.45) is 4.99 Å². The summed E-state index contributed by atoms with van der Waals surface area (Å²) in [5.41, 5.74) is 5.29. The number of imide groups is 2. The Balaban J connectivity index is 0.948. The average Bonchev–Trinajstić information content (AvgIpc) is 3.69. The smallest absolute Gasteiger partial charge is 0.266 e. The Hall–Kier alpha value is -5.54. The minimum Gasteiger partial charge on any atom is -0.490 e. The molecule has 0 radical (unpaired) electrons. The Labute approximate surface area is 303 Å². The Morgan fingerprint density at radius 1 is 0.962 bits per heavy atom. The van der Waals surface area contributed by atoms with Crippen LogP contribution in [0, 0.1) is 27.7 Å². The molecular formula is C37H37N7O7S. The molecule has 268 valence electrons. The second-order valence-corrected chi connectivity index (χ2v) is 14.1. The summed E-state index contributed by atoms with van der Waals surface area (Å²) in [7, 11) is 0. The van der Waals surface area contributed by atoms with Gasteiger partial charge in [0.2, 0.25) is 17.7 Å². The Bertz CT molecular complexity index is 2150. The van der Waals surface area contributed by atoms with E-state index in [0.29, 0.717) is 5.82 Å². The van der Waals surface area contributed by atoms with E-state index in [1.54, 1.807) is 23.5 Å². The fourth-order valence-electron chi connectivity index (χ4n) is 6.66. The van der Waals surface area contributed by atoms with E-state index in [1.807, 2.05) is 18.4 Å². The zero-order valence-electron chi connectivity index (χ0n) is 29.1. The number of piperidine rings is 1. The minimum absolute atomic E-state index is 0.0344. The largest absolute Gasteiger partial charge is 0.490 e. The lowest BCUT2D eigenvalue weighted by Crippen LogP contribution is -2.54. The molecule has 2 aromatic carbocycles. The number of carbonyl (C=O) groups excluding carboxylic acids is 5. The molecule has 2 atom stereocenters. The molecule has 52 heavy (non-hydrogen) atoms. The predicted molar refractivity (Wildman–Crippen MR) is 190 cm³/mol. The third-order valence-corrected chi connectivity index (χ3v) is 10.6. The van der Waals surface area contributed by atoms with Gasteiger partial charge in [0.05, 0.1) is 36.5 Å². The van der Waals surface area contributed by atoms with Gasteiger partial charge in [-0.25, -0.2) is 0 Å². The van der Waals surface area contributed by atoms with Crippen LogP contribution in [0.3, 0.4) is 0 Å². The first-order valence-corrected chi connectivity index (χ1v) is 17.8. The highest BCUT2D eigenvalue weighted by atomic mass is 32.1. The summed E-state index contributed by atoms with van der Waals surface area (Å²) in [6, 6.07) is 11.3. The first-order chi connectivity index (χ1) is 25.0. The van der Waals surface area contributed by atoms with Gasteiger partial charge in [-0.15, -0.1) is 21.5 Å². The number of thiophene rings is 1. The molecule has 0 aliphatic carbocycles. The summed E-state index contributed by atoms with van der Waals surface area (Å²) in [6.07, 6.45) is 0.160. The van der Waals surface area contributed by atoms with E-state index in [-0.39, 0.29) is 68.4 Å². The van der Waals surface area contributed by atoms with Gasteiger partial charge >= 0.3 is 0 Å². The third kappa shape index (κ3) is 6.41. The van der Waals surface area contributed by atoms with Gasteiger partial charge in [-0.05, 0) is 51.8 Å². The lowest BCUT2D eigenvalue weighted by atomic mass is 9.99. The summed E-state index contributed by atoms with van der Waals surface area (Å²) >= 11 is 1.66. The van der Waals surface area contributed by atoms with Crippen molar-refractivity contribution in [2.45, 2.75) is 59.0 Å². The van der Waals surface area contributed by atoms with E-state index in [2.05, 4.69) is 58.9 Å². The second-order valence-electron chi connectivity index (χ2n) is 12.9. The molecule has 0 spiro atoms. The maximum absolute atomic E-state index is 13.3. The fraction of sp³-hybridized carbons (Fsp3) is 0.351. The minimum atomic E-state index is -1.06. The van der Waals surface area contributed by atoms with Crippen molar-refractivity contribution in [1.82, 2.24) is 30.3 Å².